The van der Waals surface area contributed by atoms with Gasteiger partial charge in [0.15, 0.2) is 0 Å². The van der Waals surface area contributed by atoms with Gasteiger partial charge in [-0.3, -0.25) is 0 Å². The fourth-order valence-electron chi connectivity index (χ4n) is 2.12. The van der Waals surface area contributed by atoms with Crippen LogP contribution < -0.4 is 0 Å². The van der Waals surface area contributed by atoms with Gasteiger partial charge in [0.2, 0.25) is 0 Å². The molecule has 20 heavy (non-hydrogen) atoms. The first-order valence-corrected chi connectivity index (χ1v) is 6.46. The Balaban J connectivity index is 2.30. The van der Waals surface area contributed by atoms with Crippen molar-refractivity contribution in [3.05, 3.63) is 58.4 Å². The molecule has 1 aromatic heterocycles. The van der Waals surface area contributed by atoms with Gasteiger partial charge in [-0.05, 0) is 43.2 Å². The largest absolute Gasteiger partial charge is 0.388 e. The third kappa shape index (κ3) is 3.17. The molecule has 0 aliphatic carbocycles. The Hall–Kier alpha value is -1.88. The summed E-state index contributed by atoms with van der Waals surface area (Å²) in [6, 6.07) is 4.95. The molecule has 0 bridgehead atoms. The van der Waals surface area contributed by atoms with Crippen molar-refractivity contribution < 1.29 is 13.9 Å². The topological polar surface area (TPSA) is 46.0 Å². The summed E-state index contributed by atoms with van der Waals surface area (Å²) < 4.78 is 26.7. The zero-order valence-electron chi connectivity index (χ0n) is 11.4. The molecule has 0 aliphatic rings. The minimum Gasteiger partial charge on any atom is -0.388 e. The van der Waals surface area contributed by atoms with Gasteiger partial charge in [0.05, 0.1) is 17.5 Å². The van der Waals surface area contributed by atoms with Gasteiger partial charge in [-0.2, -0.15) is 10.2 Å². The first-order valence-electron chi connectivity index (χ1n) is 6.46. The van der Waals surface area contributed by atoms with Gasteiger partial charge in [0.25, 0.3) is 0 Å². The molecule has 0 saturated heterocycles. The number of nitrogens with zero attached hydrogens (tertiary/aromatic N) is 2. The fraction of sp³-hybridized carbons (Fsp3) is 0.333. The number of aliphatic hydroxyl groups excluding tert-OH is 1. The molecule has 3 nitrogen and oxygen atoms in total. The average Bonchev–Trinajstić information content (AvgIpc) is 2.42. The van der Waals surface area contributed by atoms with Crippen LogP contribution >= 0.6 is 0 Å². The van der Waals surface area contributed by atoms with Gasteiger partial charge < -0.3 is 5.11 Å². The van der Waals surface area contributed by atoms with Crippen molar-refractivity contribution in [2.24, 2.45) is 0 Å². The van der Waals surface area contributed by atoms with Gasteiger partial charge in [0, 0.05) is 12.0 Å². The maximum atomic E-state index is 13.6. The fourth-order valence-corrected chi connectivity index (χ4v) is 2.12. The van der Waals surface area contributed by atoms with E-state index >= 15 is 0 Å². The van der Waals surface area contributed by atoms with Crippen LogP contribution in [0.15, 0.2) is 24.3 Å². The van der Waals surface area contributed by atoms with Crippen molar-refractivity contribution in [2.45, 2.75) is 32.8 Å². The summed E-state index contributed by atoms with van der Waals surface area (Å²) in [5, 5.41) is 18.2. The molecule has 0 amide bonds. The van der Waals surface area contributed by atoms with Crippen LogP contribution in [0.3, 0.4) is 0 Å². The smallest absolute Gasteiger partial charge is 0.126 e. The van der Waals surface area contributed by atoms with Crippen molar-refractivity contribution in [1.82, 2.24) is 10.2 Å². The van der Waals surface area contributed by atoms with Crippen LogP contribution in [0.25, 0.3) is 0 Å². The molecule has 1 N–H and O–H groups in total. The highest BCUT2D eigenvalue weighted by Gasteiger charge is 2.16. The van der Waals surface area contributed by atoms with Gasteiger partial charge >= 0.3 is 0 Å². The second-order valence-corrected chi connectivity index (χ2v) is 4.70. The summed E-state index contributed by atoms with van der Waals surface area (Å²) in [6.45, 7) is 3.67. The Morgan fingerprint density at radius 1 is 1.20 bits per heavy atom. The maximum absolute atomic E-state index is 13.6. The number of hydrogen-bond donors (Lipinski definition) is 1. The Morgan fingerprint density at radius 2 is 1.95 bits per heavy atom. The lowest BCUT2D eigenvalue weighted by Gasteiger charge is -2.15. The zero-order valence-corrected chi connectivity index (χ0v) is 11.4. The SMILES string of the molecule is CCc1nnc(C)cc1C(O)Cc1cc(F)ccc1F. The van der Waals surface area contributed by atoms with E-state index in [0.717, 1.165) is 18.2 Å². The Morgan fingerprint density at radius 3 is 2.65 bits per heavy atom. The number of halogens is 2. The molecule has 0 saturated carbocycles. The lowest BCUT2D eigenvalue weighted by molar-refractivity contribution is 0.175. The predicted octanol–water partition coefficient (Wildman–Crippen LogP) is 2.90. The first-order chi connectivity index (χ1) is 9.51. The molecule has 0 fully saturated rings. The summed E-state index contributed by atoms with van der Waals surface area (Å²) in [5.41, 5.74) is 2.11. The minimum absolute atomic E-state index is 0.00171. The lowest BCUT2D eigenvalue weighted by atomic mass is 9.98. The van der Waals surface area contributed by atoms with Crippen LogP contribution in [0.5, 0.6) is 0 Å². The number of rotatable bonds is 4. The highest BCUT2D eigenvalue weighted by atomic mass is 19.1. The third-order valence-electron chi connectivity index (χ3n) is 3.14. The number of aliphatic hydroxyl groups is 1. The standard InChI is InChI=1S/C15H16F2N2O/c1-3-14-12(6-9(2)18-19-14)15(20)8-10-7-11(16)4-5-13(10)17/h4-7,15,20H,3,8H2,1-2H3. The van der Waals surface area contributed by atoms with E-state index in [2.05, 4.69) is 10.2 Å². The highest BCUT2D eigenvalue weighted by molar-refractivity contribution is 5.27. The molecule has 1 atom stereocenters. The van der Waals surface area contributed by atoms with E-state index in [0.29, 0.717) is 23.4 Å². The molecule has 0 spiro atoms. The normalized spacial score (nSPS) is 12.4. The van der Waals surface area contributed by atoms with E-state index in [1.54, 1.807) is 13.0 Å². The Kier molecular flexibility index (Phi) is 4.39. The van der Waals surface area contributed by atoms with Gasteiger partial charge in [0.1, 0.15) is 11.6 Å². The summed E-state index contributed by atoms with van der Waals surface area (Å²) in [4.78, 5) is 0. The van der Waals surface area contributed by atoms with E-state index in [1.165, 1.54) is 0 Å². The Bertz CT molecular complexity index is 617. The monoisotopic (exact) mass is 278 g/mol. The number of benzene rings is 1. The molecule has 5 heteroatoms. The van der Waals surface area contributed by atoms with Gasteiger partial charge in [-0.15, -0.1) is 0 Å². The van der Waals surface area contributed by atoms with Crippen LogP contribution in [-0.2, 0) is 12.8 Å². The predicted molar refractivity (Wildman–Crippen MR) is 71.2 cm³/mol. The molecular weight excluding hydrogens is 262 g/mol. The number of aryl methyl sites for hydroxylation is 2. The second-order valence-electron chi connectivity index (χ2n) is 4.70. The van der Waals surface area contributed by atoms with E-state index in [-0.39, 0.29) is 12.0 Å². The van der Waals surface area contributed by atoms with Crippen molar-refractivity contribution in [3.63, 3.8) is 0 Å². The maximum Gasteiger partial charge on any atom is 0.126 e. The van der Waals surface area contributed by atoms with Gasteiger partial charge in [-0.25, -0.2) is 8.78 Å². The molecule has 0 radical (unpaired) electrons. The molecule has 1 heterocycles. The first kappa shape index (κ1) is 14.5. The van der Waals surface area contributed by atoms with Gasteiger partial charge in [-0.1, -0.05) is 6.92 Å². The highest BCUT2D eigenvalue weighted by Crippen LogP contribution is 2.23. The molecule has 1 aromatic carbocycles. The van der Waals surface area contributed by atoms with Crippen LogP contribution in [0.4, 0.5) is 8.78 Å². The zero-order chi connectivity index (χ0) is 14.7. The number of aromatic nitrogens is 2. The van der Waals surface area contributed by atoms with Crippen molar-refractivity contribution in [3.8, 4) is 0 Å². The van der Waals surface area contributed by atoms with E-state index in [4.69, 9.17) is 0 Å². The van der Waals surface area contributed by atoms with Crippen molar-refractivity contribution in [2.75, 3.05) is 0 Å². The van der Waals surface area contributed by atoms with Crippen LogP contribution in [0.2, 0.25) is 0 Å². The summed E-state index contributed by atoms with van der Waals surface area (Å²) in [5.74, 6) is -1.05. The van der Waals surface area contributed by atoms with E-state index < -0.39 is 17.7 Å². The lowest BCUT2D eigenvalue weighted by Crippen LogP contribution is -2.10. The molecule has 0 aliphatic heterocycles. The van der Waals surface area contributed by atoms with Crippen LogP contribution in [0, 0.1) is 18.6 Å². The van der Waals surface area contributed by atoms with Crippen molar-refractivity contribution >= 4 is 0 Å². The second kappa shape index (κ2) is 6.05. The Labute approximate surface area is 116 Å². The average molecular weight is 278 g/mol. The molecular formula is C15H16F2N2O. The van der Waals surface area contributed by atoms with Crippen LogP contribution in [-0.4, -0.2) is 15.3 Å². The summed E-state index contributed by atoms with van der Waals surface area (Å²) >= 11 is 0. The molecule has 2 aromatic rings. The quantitative estimate of drug-likeness (QED) is 0.935. The van der Waals surface area contributed by atoms with E-state index in [9.17, 15) is 13.9 Å². The molecule has 106 valence electrons. The van der Waals surface area contributed by atoms with E-state index in [1.807, 2.05) is 6.92 Å². The summed E-state index contributed by atoms with van der Waals surface area (Å²) in [7, 11) is 0. The van der Waals surface area contributed by atoms with Crippen molar-refractivity contribution in [1.29, 1.82) is 0 Å². The molecule has 2 rings (SSSR count). The minimum atomic E-state index is -0.935. The van der Waals surface area contributed by atoms with Crippen LogP contribution in [0.1, 0.15) is 35.5 Å². The summed E-state index contributed by atoms with van der Waals surface area (Å²) in [6.07, 6.45) is -0.317. The third-order valence-corrected chi connectivity index (χ3v) is 3.14. The molecule has 1 unspecified atom stereocenters. The number of hydrogen-bond acceptors (Lipinski definition) is 3.